The van der Waals surface area contributed by atoms with Gasteiger partial charge in [0.1, 0.15) is 0 Å². The Kier molecular flexibility index (Phi) is 3.58. The van der Waals surface area contributed by atoms with Crippen molar-refractivity contribution in [1.82, 2.24) is 15.1 Å². The molecular weight excluding hydrogens is 258 g/mol. The minimum Gasteiger partial charge on any atom is -0.313 e. The number of hydrogen-bond acceptors (Lipinski definition) is 2. The monoisotopic (exact) mass is 275 g/mol. The first-order valence-electron chi connectivity index (χ1n) is 6.83. The summed E-state index contributed by atoms with van der Waals surface area (Å²) in [5, 5.41) is 8.77. The van der Waals surface area contributed by atoms with Gasteiger partial charge in [0.05, 0.1) is 16.4 Å². The largest absolute Gasteiger partial charge is 0.313 e. The SMILES string of the molecule is CCNCc1cccc(Cl)c1-n1ccc(C2CC2)n1. The van der Waals surface area contributed by atoms with Crippen LogP contribution in [-0.2, 0) is 6.54 Å². The van der Waals surface area contributed by atoms with Crippen LogP contribution in [0.5, 0.6) is 0 Å². The number of aromatic nitrogens is 2. The topological polar surface area (TPSA) is 29.9 Å². The molecule has 0 radical (unpaired) electrons. The predicted molar refractivity (Wildman–Crippen MR) is 77.9 cm³/mol. The van der Waals surface area contributed by atoms with Crippen molar-refractivity contribution < 1.29 is 0 Å². The lowest BCUT2D eigenvalue weighted by atomic mass is 10.1. The van der Waals surface area contributed by atoms with Crippen molar-refractivity contribution in [2.75, 3.05) is 6.54 Å². The summed E-state index contributed by atoms with van der Waals surface area (Å²) in [6.07, 6.45) is 4.55. The predicted octanol–water partition coefficient (Wildman–Crippen LogP) is 3.51. The highest BCUT2D eigenvalue weighted by Crippen LogP contribution is 2.39. The van der Waals surface area contributed by atoms with Crippen LogP contribution in [0.1, 0.15) is 36.9 Å². The highest BCUT2D eigenvalue weighted by molar-refractivity contribution is 6.32. The fourth-order valence-electron chi connectivity index (χ4n) is 2.28. The number of hydrogen-bond donors (Lipinski definition) is 1. The molecule has 1 aliphatic rings. The molecule has 0 saturated heterocycles. The lowest BCUT2D eigenvalue weighted by Crippen LogP contribution is -2.14. The molecule has 1 fully saturated rings. The van der Waals surface area contributed by atoms with Crippen molar-refractivity contribution in [2.45, 2.75) is 32.2 Å². The fraction of sp³-hybridized carbons (Fsp3) is 0.400. The van der Waals surface area contributed by atoms with E-state index in [9.17, 15) is 0 Å². The number of para-hydroxylation sites is 1. The van der Waals surface area contributed by atoms with Crippen molar-refractivity contribution >= 4 is 11.6 Å². The van der Waals surface area contributed by atoms with Crippen LogP contribution >= 0.6 is 11.6 Å². The average molecular weight is 276 g/mol. The highest BCUT2D eigenvalue weighted by atomic mass is 35.5. The third-order valence-electron chi connectivity index (χ3n) is 3.47. The summed E-state index contributed by atoms with van der Waals surface area (Å²) in [6.45, 7) is 3.85. The van der Waals surface area contributed by atoms with Gasteiger partial charge >= 0.3 is 0 Å². The van der Waals surface area contributed by atoms with Crippen molar-refractivity contribution in [3.8, 4) is 5.69 Å². The van der Waals surface area contributed by atoms with E-state index in [1.165, 1.54) is 24.1 Å². The van der Waals surface area contributed by atoms with Gasteiger partial charge in [-0.15, -0.1) is 0 Å². The minimum atomic E-state index is 0.668. The molecule has 0 spiro atoms. The Morgan fingerprint density at radius 3 is 2.95 bits per heavy atom. The quantitative estimate of drug-likeness (QED) is 0.905. The summed E-state index contributed by atoms with van der Waals surface area (Å²) in [4.78, 5) is 0. The smallest absolute Gasteiger partial charge is 0.0876 e. The van der Waals surface area contributed by atoms with Crippen molar-refractivity contribution in [3.05, 3.63) is 46.7 Å². The first kappa shape index (κ1) is 12.7. The summed E-state index contributed by atoms with van der Waals surface area (Å²) >= 11 is 6.36. The normalized spacial score (nSPS) is 14.8. The van der Waals surface area contributed by atoms with Gasteiger partial charge < -0.3 is 5.32 Å². The van der Waals surface area contributed by atoms with E-state index in [1.54, 1.807) is 0 Å². The van der Waals surface area contributed by atoms with E-state index in [0.717, 1.165) is 23.8 Å². The van der Waals surface area contributed by atoms with E-state index in [4.69, 9.17) is 11.6 Å². The fourth-order valence-corrected chi connectivity index (χ4v) is 2.56. The molecule has 1 aliphatic carbocycles. The van der Waals surface area contributed by atoms with E-state index in [2.05, 4.69) is 29.5 Å². The van der Waals surface area contributed by atoms with Crippen LogP contribution in [0.15, 0.2) is 30.5 Å². The van der Waals surface area contributed by atoms with Gasteiger partial charge in [-0.2, -0.15) is 5.10 Å². The third-order valence-corrected chi connectivity index (χ3v) is 3.78. The molecule has 0 unspecified atom stereocenters. The van der Waals surface area contributed by atoms with E-state index in [1.807, 2.05) is 23.0 Å². The van der Waals surface area contributed by atoms with Crippen LogP contribution in [0.4, 0.5) is 0 Å². The van der Waals surface area contributed by atoms with Gasteiger partial charge in [0, 0.05) is 18.7 Å². The number of nitrogens with one attached hydrogen (secondary N) is 1. The second-order valence-electron chi connectivity index (χ2n) is 4.99. The van der Waals surface area contributed by atoms with E-state index in [0.29, 0.717) is 5.92 Å². The van der Waals surface area contributed by atoms with Gasteiger partial charge in [-0.25, -0.2) is 4.68 Å². The summed E-state index contributed by atoms with van der Waals surface area (Å²) in [6, 6.07) is 8.12. The van der Waals surface area contributed by atoms with E-state index >= 15 is 0 Å². The van der Waals surface area contributed by atoms with Crippen LogP contribution in [0, 0.1) is 0 Å². The number of rotatable bonds is 5. The molecule has 1 N–H and O–H groups in total. The number of benzene rings is 1. The maximum absolute atomic E-state index is 6.36. The Morgan fingerprint density at radius 1 is 1.37 bits per heavy atom. The van der Waals surface area contributed by atoms with Gasteiger partial charge in [-0.1, -0.05) is 30.7 Å². The maximum atomic E-state index is 6.36. The van der Waals surface area contributed by atoms with Gasteiger partial charge in [-0.3, -0.25) is 0 Å². The molecule has 0 aliphatic heterocycles. The standard InChI is InChI=1S/C15H18ClN3/c1-2-17-10-12-4-3-5-13(16)15(12)19-9-8-14(18-19)11-6-7-11/h3-5,8-9,11,17H,2,6-7,10H2,1H3. The Balaban J connectivity index is 1.96. The maximum Gasteiger partial charge on any atom is 0.0876 e. The zero-order chi connectivity index (χ0) is 13.2. The lowest BCUT2D eigenvalue weighted by Gasteiger charge is -2.11. The second kappa shape index (κ2) is 5.35. The van der Waals surface area contributed by atoms with Gasteiger partial charge in [0.2, 0.25) is 0 Å². The van der Waals surface area contributed by atoms with Gasteiger partial charge in [0.15, 0.2) is 0 Å². The molecule has 2 aromatic rings. The molecule has 1 saturated carbocycles. The van der Waals surface area contributed by atoms with Crippen LogP contribution in [0.3, 0.4) is 0 Å². The zero-order valence-electron chi connectivity index (χ0n) is 11.1. The number of halogens is 1. The zero-order valence-corrected chi connectivity index (χ0v) is 11.8. The Labute approximate surface area is 118 Å². The molecule has 0 bridgehead atoms. The Hall–Kier alpha value is -1.32. The van der Waals surface area contributed by atoms with Crippen molar-refractivity contribution in [3.63, 3.8) is 0 Å². The Bertz CT molecular complexity index is 573. The molecule has 0 atom stereocenters. The minimum absolute atomic E-state index is 0.668. The molecule has 1 aromatic carbocycles. The van der Waals surface area contributed by atoms with Gasteiger partial charge in [0.25, 0.3) is 0 Å². The third kappa shape index (κ3) is 2.67. The van der Waals surface area contributed by atoms with Crippen LogP contribution in [0.2, 0.25) is 5.02 Å². The highest BCUT2D eigenvalue weighted by Gasteiger charge is 2.26. The van der Waals surface area contributed by atoms with Crippen molar-refractivity contribution in [2.24, 2.45) is 0 Å². The first-order valence-corrected chi connectivity index (χ1v) is 7.21. The van der Waals surface area contributed by atoms with Gasteiger partial charge in [-0.05, 0) is 37.1 Å². The molecule has 4 heteroatoms. The van der Waals surface area contributed by atoms with Crippen molar-refractivity contribution in [1.29, 1.82) is 0 Å². The molecule has 3 rings (SSSR count). The van der Waals surface area contributed by atoms with Crippen LogP contribution in [0.25, 0.3) is 5.69 Å². The summed E-state index contributed by atoms with van der Waals surface area (Å²) < 4.78 is 1.92. The average Bonchev–Trinajstić information content (AvgIpc) is 3.15. The van der Waals surface area contributed by atoms with Crippen LogP contribution in [-0.4, -0.2) is 16.3 Å². The molecule has 1 heterocycles. The first-order chi connectivity index (χ1) is 9.29. The molecule has 0 amide bonds. The number of nitrogens with zero attached hydrogens (tertiary/aromatic N) is 2. The van der Waals surface area contributed by atoms with E-state index < -0.39 is 0 Å². The molecule has 100 valence electrons. The summed E-state index contributed by atoms with van der Waals surface area (Å²) in [7, 11) is 0. The summed E-state index contributed by atoms with van der Waals surface area (Å²) in [5.74, 6) is 0.668. The molecule has 3 nitrogen and oxygen atoms in total. The molecule has 1 aromatic heterocycles. The Morgan fingerprint density at radius 2 is 2.21 bits per heavy atom. The second-order valence-corrected chi connectivity index (χ2v) is 5.39. The molecular formula is C15H18ClN3. The summed E-state index contributed by atoms with van der Waals surface area (Å²) in [5.41, 5.74) is 3.37. The molecule has 19 heavy (non-hydrogen) atoms. The lowest BCUT2D eigenvalue weighted by molar-refractivity contribution is 0.715. The van der Waals surface area contributed by atoms with Crippen LogP contribution < -0.4 is 5.32 Å². The van der Waals surface area contributed by atoms with E-state index in [-0.39, 0.29) is 0 Å².